The molecule has 0 aliphatic carbocycles. The van der Waals surface area contributed by atoms with Crippen LogP contribution in [0, 0.1) is 13.8 Å². The van der Waals surface area contributed by atoms with Crippen molar-refractivity contribution >= 4 is 35.2 Å². The molecule has 3 aromatic rings. The number of thioether (sulfide) groups is 1. The summed E-state index contributed by atoms with van der Waals surface area (Å²) in [5.41, 5.74) is 4.88. The van der Waals surface area contributed by atoms with E-state index < -0.39 is 0 Å². The third kappa shape index (κ3) is 5.93. The molecule has 2 amide bonds. The lowest BCUT2D eigenvalue weighted by atomic mass is 10.1. The zero-order valence-electron chi connectivity index (χ0n) is 19.2. The number of hydrogen-bond acceptors (Lipinski definition) is 4. The second-order valence-corrected chi connectivity index (χ2v) is 9.81. The molecule has 176 valence electrons. The minimum atomic E-state index is -0.149. The van der Waals surface area contributed by atoms with Crippen molar-refractivity contribution in [2.24, 2.45) is 0 Å². The predicted octanol–water partition coefficient (Wildman–Crippen LogP) is 5.54. The van der Waals surface area contributed by atoms with Crippen molar-refractivity contribution in [2.45, 2.75) is 25.8 Å². The van der Waals surface area contributed by atoms with Crippen molar-refractivity contribution in [1.29, 1.82) is 0 Å². The van der Waals surface area contributed by atoms with Gasteiger partial charge in [-0.15, -0.1) is 11.8 Å². The Kier molecular flexibility index (Phi) is 7.80. The van der Waals surface area contributed by atoms with Crippen LogP contribution in [0.15, 0.2) is 66.7 Å². The summed E-state index contributed by atoms with van der Waals surface area (Å²) >= 11 is 7.58. The van der Waals surface area contributed by atoms with Gasteiger partial charge in [0.2, 0.25) is 5.91 Å². The molecule has 0 radical (unpaired) electrons. The van der Waals surface area contributed by atoms with Crippen LogP contribution in [0.3, 0.4) is 0 Å². The SMILES string of the molecule is Cc1ccc(OCCNC(=O)c2ccc([C@@H]3SCC(=O)N3Cc3ccc(Cl)cc3)cc2)c(C)c1. The van der Waals surface area contributed by atoms with E-state index >= 15 is 0 Å². The Morgan fingerprint density at radius 3 is 2.53 bits per heavy atom. The Hall–Kier alpha value is -2.96. The molecule has 7 heteroatoms. The number of rotatable bonds is 8. The summed E-state index contributed by atoms with van der Waals surface area (Å²) < 4.78 is 5.78. The second kappa shape index (κ2) is 11.0. The monoisotopic (exact) mass is 494 g/mol. The number of carbonyl (C=O) groups excluding carboxylic acids is 2. The van der Waals surface area contributed by atoms with E-state index in [-0.39, 0.29) is 17.2 Å². The fourth-order valence-corrected chi connectivity index (χ4v) is 5.19. The number of amides is 2. The van der Waals surface area contributed by atoms with Crippen LogP contribution in [-0.2, 0) is 11.3 Å². The Morgan fingerprint density at radius 2 is 1.82 bits per heavy atom. The zero-order valence-corrected chi connectivity index (χ0v) is 20.8. The highest BCUT2D eigenvalue weighted by atomic mass is 35.5. The third-order valence-electron chi connectivity index (χ3n) is 5.67. The molecule has 1 aliphatic heterocycles. The summed E-state index contributed by atoms with van der Waals surface area (Å²) in [5, 5.41) is 3.49. The molecule has 1 atom stereocenters. The number of hydrogen-bond donors (Lipinski definition) is 1. The fraction of sp³-hybridized carbons (Fsp3) is 0.259. The second-order valence-electron chi connectivity index (χ2n) is 8.31. The lowest BCUT2D eigenvalue weighted by Gasteiger charge is -2.24. The van der Waals surface area contributed by atoms with Crippen molar-refractivity contribution in [3.05, 3.63) is 99.6 Å². The topological polar surface area (TPSA) is 58.6 Å². The Bertz CT molecular complexity index is 1170. The molecule has 0 unspecified atom stereocenters. The van der Waals surface area contributed by atoms with E-state index in [9.17, 15) is 9.59 Å². The van der Waals surface area contributed by atoms with Crippen LogP contribution in [0.2, 0.25) is 5.02 Å². The quantitative estimate of drug-likeness (QED) is 0.418. The molecule has 4 rings (SSSR count). The maximum absolute atomic E-state index is 12.5. The molecule has 3 aromatic carbocycles. The average Bonchev–Trinajstić information content (AvgIpc) is 3.19. The molecule has 34 heavy (non-hydrogen) atoms. The van der Waals surface area contributed by atoms with Gasteiger partial charge in [-0.2, -0.15) is 0 Å². The lowest BCUT2D eigenvalue weighted by Crippen LogP contribution is -2.28. The molecular formula is C27H27ClN2O3S. The molecule has 0 aromatic heterocycles. The van der Waals surface area contributed by atoms with Crippen molar-refractivity contribution in [3.8, 4) is 5.75 Å². The molecule has 5 nitrogen and oxygen atoms in total. The lowest BCUT2D eigenvalue weighted by molar-refractivity contribution is -0.128. The smallest absolute Gasteiger partial charge is 0.251 e. The van der Waals surface area contributed by atoms with Crippen LogP contribution in [0.4, 0.5) is 0 Å². The van der Waals surface area contributed by atoms with E-state index in [1.165, 1.54) is 5.56 Å². The van der Waals surface area contributed by atoms with Gasteiger partial charge in [0.05, 0.1) is 12.3 Å². The maximum atomic E-state index is 12.5. The largest absolute Gasteiger partial charge is 0.491 e. The molecule has 0 spiro atoms. The van der Waals surface area contributed by atoms with Crippen LogP contribution in [0.5, 0.6) is 5.75 Å². The summed E-state index contributed by atoms with van der Waals surface area (Å²) in [4.78, 5) is 26.9. The van der Waals surface area contributed by atoms with Crippen LogP contribution < -0.4 is 10.1 Å². The van der Waals surface area contributed by atoms with Crippen molar-refractivity contribution in [1.82, 2.24) is 10.2 Å². The zero-order chi connectivity index (χ0) is 24.1. The van der Waals surface area contributed by atoms with Gasteiger partial charge in [-0.05, 0) is 60.9 Å². The number of benzene rings is 3. The van der Waals surface area contributed by atoms with Crippen molar-refractivity contribution < 1.29 is 14.3 Å². The van der Waals surface area contributed by atoms with Gasteiger partial charge in [0.15, 0.2) is 0 Å². The molecular weight excluding hydrogens is 468 g/mol. The van der Waals surface area contributed by atoms with E-state index in [4.69, 9.17) is 16.3 Å². The number of nitrogens with zero attached hydrogens (tertiary/aromatic N) is 1. The van der Waals surface area contributed by atoms with Crippen LogP contribution in [0.1, 0.15) is 38.0 Å². The minimum Gasteiger partial charge on any atom is -0.491 e. The molecule has 1 aliphatic rings. The highest BCUT2D eigenvalue weighted by molar-refractivity contribution is 8.00. The minimum absolute atomic E-state index is 0.0774. The summed E-state index contributed by atoms with van der Waals surface area (Å²) in [7, 11) is 0. The Balaban J connectivity index is 1.32. The molecule has 1 heterocycles. The van der Waals surface area contributed by atoms with Gasteiger partial charge in [0, 0.05) is 17.1 Å². The highest BCUT2D eigenvalue weighted by Gasteiger charge is 2.32. The molecule has 1 fully saturated rings. The predicted molar refractivity (Wildman–Crippen MR) is 137 cm³/mol. The number of halogens is 1. The van der Waals surface area contributed by atoms with E-state index in [2.05, 4.69) is 11.4 Å². The van der Waals surface area contributed by atoms with Gasteiger partial charge < -0.3 is 15.0 Å². The van der Waals surface area contributed by atoms with E-state index in [0.717, 1.165) is 22.4 Å². The van der Waals surface area contributed by atoms with Crippen molar-refractivity contribution in [2.75, 3.05) is 18.9 Å². The number of ether oxygens (including phenoxy) is 1. The van der Waals surface area contributed by atoms with E-state index in [1.807, 2.05) is 67.3 Å². The summed E-state index contributed by atoms with van der Waals surface area (Å²) in [6.07, 6.45) is 0. The van der Waals surface area contributed by atoms with E-state index in [1.54, 1.807) is 23.9 Å². The van der Waals surface area contributed by atoms with E-state index in [0.29, 0.717) is 36.0 Å². The molecule has 0 saturated carbocycles. The first-order valence-corrected chi connectivity index (χ1v) is 12.6. The molecule has 0 bridgehead atoms. The standard InChI is InChI=1S/C27H27ClN2O3S/c1-18-3-12-24(19(2)15-18)33-14-13-29-26(32)21-6-8-22(9-7-21)27-30(25(31)17-34-27)16-20-4-10-23(28)11-5-20/h3-12,15,27H,13-14,16-17H2,1-2H3,(H,29,32)/t27-/m0/s1. The first-order chi connectivity index (χ1) is 16.4. The van der Waals surface area contributed by atoms with Gasteiger partial charge in [-0.3, -0.25) is 9.59 Å². The average molecular weight is 495 g/mol. The molecule has 1 saturated heterocycles. The van der Waals surface area contributed by atoms with Gasteiger partial charge in [-0.1, -0.05) is 53.6 Å². The highest BCUT2D eigenvalue weighted by Crippen LogP contribution is 2.39. The number of aryl methyl sites for hydroxylation is 2. The summed E-state index contributed by atoms with van der Waals surface area (Å²) in [5.74, 6) is 1.23. The maximum Gasteiger partial charge on any atom is 0.251 e. The third-order valence-corrected chi connectivity index (χ3v) is 7.18. The summed E-state index contributed by atoms with van der Waals surface area (Å²) in [6.45, 7) is 5.39. The van der Waals surface area contributed by atoms with Crippen LogP contribution >= 0.6 is 23.4 Å². The Morgan fingerprint density at radius 1 is 1.09 bits per heavy atom. The first-order valence-electron chi connectivity index (χ1n) is 11.1. The van der Waals surface area contributed by atoms with Crippen molar-refractivity contribution in [3.63, 3.8) is 0 Å². The van der Waals surface area contributed by atoms with Crippen LogP contribution in [0.25, 0.3) is 0 Å². The fourth-order valence-electron chi connectivity index (χ4n) is 3.88. The number of carbonyl (C=O) groups is 2. The first kappa shape index (κ1) is 24.2. The molecule has 1 N–H and O–H groups in total. The van der Waals surface area contributed by atoms with Gasteiger partial charge >= 0.3 is 0 Å². The van der Waals surface area contributed by atoms with Gasteiger partial charge in [-0.25, -0.2) is 0 Å². The number of nitrogens with one attached hydrogen (secondary N) is 1. The summed E-state index contributed by atoms with van der Waals surface area (Å²) in [6, 6.07) is 21.0. The van der Waals surface area contributed by atoms with Gasteiger partial charge in [0.25, 0.3) is 5.91 Å². The normalized spacial score (nSPS) is 15.4. The van der Waals surface area contributed by atoms with Crippen LogP contribution in [-0.4, -0.2) is 35.6 Å². The van der Waals surface area contributed by atoms with Gasteiger partial charge in [0.1, 0.15) is 17.7 Å². The Labute approximate surface area is 209 Å².